The lowest BCUT2D eigenvalue weighted by atomic mass is 10.2. The van der Waals surface area contributed by atoms with Crippen molar-refractivity contribution >= 4 is 28.5 Å². The summed E-state index contributed by atoms with van der Waals surface area (Å²) in [4.78, 5) is 37.7. The zero-order chi connectivity index (χ0) is 14.0. The van der Waals surface area contributed by atoms with Crippen LogP contribution in [0.15, 0.2) is 27.4 Å². The molecule has 0 fully saturated rings. The Morgan fingerprint density at radius 1 is 1.32 bits per heavy atom. The highest BCUT2D eigenvalue weighted by Gasteiger charge is 2.13. The summed E-state index contributed by atoms with van der Waals surface area (Å²) in [5, 5.41) is 0. The van der Waals surface area contributed by atoms with E-state index in [1.54, 1.807) is 25.2 Å². The van der Waals surface area contributed by atoms with Crippen molar-refractivity contribution in [1.29, 1.82) is 0 Å². The normalized spacial score (nSPS) is 10.6. The van der Waals surface area contributed by atoms with Crippen molar-refractivity contribution in [2.24, 2.45) is 0 Å². The average Bonchev–Trinajstić information content (AvgIpc) is 2.73. The van der Waals surface area contributed by atoms with Gasteiger partial charge in [0.15, 0.2) is 5.58 Å². The molecule has 0 atom stereocenters. The fourth-order valence-electron chi connectivity index (χ4n) is 1.74. The third-order valence-corrected chi connectivity index (χ3v) is 2.86. The summed E-state index contributed by atoms with van der Waals surface area (Å²) in [6, 6.07) is 4.99. The number of benzene rings is 1. The van der Waals surface area contributed by atoms with Crippen molar-refractivity contribution in [3.05, 3.63) is 28.7 Å². The van der Waals surface area contributed by atoms with E-state index in [1.165, 1.54) is 11.8 Å². The number of nitrogens with one attached hydrogen (secondary N) is 1. The van der Waals surface area contributed by atoms with Gasteiger partial charge in [-0.3, -0.25) is 9.78 Å². The van der Waals surface area contributed by atoms with Crippen molar-refractivity contribution in [1.82, 2.24) is 4.98 Å². The molecule has 0 aliphatic heterocycles. The van der Waals surface area contributed by atoms with Gasteiger partial charge in [0.05, 0.1) is 5.52 Å². The number of nitrogens with zero attached hydrogens (tertiary/aromatic N) is 1. The summed E-state index contributed by atoms with van der Waals surface area (Å²) in [6.07, 6.45) is 0.394. The molecule has 2 rings (SSSR count). The van der Waals surface area contributed by atoms with Gasteiger partial charge in [0.25, 0.3) is 0 Å². The first-order chi connectivity index (χ1) is 8.97. The third-order valence-electron chi connectivity index (χ3n) is 2.86. The summed E-state index contributed by atoms with van der Waals surface area (Å²) >= 11 is 0. The Kier molecular flexibility index (Phi) is 3.50. The van der Waals surface area contributed by atoms with Gasteiger partial charge in [-0.2, -0.15) is 0 Å². The van der Waals surface area contributed by atoms with Gasteiger partial charge in [-0.25, -0.2) is 4.79 Å². The van der Waals surface area contributed by atoms with Gasteiger partial charge >= 0.3 is 5.76 Å². The molecule has 0 unspecified atom stereocenters. The van der Waals surface area contributed by atoms with Crippen LogP contribution in [-0.2, 0) is 9.59 Å². The van der Waals surface area contributed by atoms with Crippen LogP contribution in [0.4, 0.5) is 5.69 Å². The van der Waals surface area contributed by atoms with Gasteiger partial charge in [-0.05, 0) is 19.1 Å². The van der Waals surface area contributed by atoms with E-state index in [4.69, 9.17) is 4.42 Å². The molecule has 19 heavy (non-hydrogen) atoms. The van der Waals surface area contributed by atoms with Crippen LogP contribution < -0.4 is 10.7 Å². The largest absolute Gasteiger partial charge is 0.417 e. The molecule has 6 nitrogen and oxygen atoms in total. The Morgan fingerprint density at radius 2 is 2.05 bits per heavy atom. The second kappa shape index (κ2) is 5.09. The maximum atomic E-state index is 11.9. The number of H-pyrrole nitrogens is 1. The molecular formula is C13H14N2O4. The van der Waals surface area contributed by atoms with Crippen LogP contribution in [0.1, 0.15) is 19.8 Å². The molecular weight excluding hydrogens is 248 g/mol. The number of anilines is 1. The number of ketones is 1. The van der Waals surface area contributed by atoms with E-state index in [2.05, 4.69) is 4.98 Å². The maximum Gasteiger partial charge on any atom is 0.417 e. The van der Waals surface area contributed by atoms with Crippen LogP contribution >= 0.6 is 0 Å². The Morgan fingerprint density at radius 3 is 2.74 bits per heavy atom. The van der Waals surface area contributed by atoms with Gasteiger partial charge in [0.1, 0.15) is 5.78 Å². The molecule has 0 aliphatic rings. The number of carbonyl (C=O) groups excluding carboxylic acids is 2. The van der Waals surface area contributed by atoms with Gasteiger partial charge in [0, 0.05) is 31.6 Å². The molecule has 2 aromatic rings. The Hall–Kier alpha value is -2.37. The summed E-state index contributed by atoms with van der Waals surface area (Å²) in [6.45, 7) is 1.45. The monoisotopic (exact) mass is 262 g/mol. The minimum atomic E-state index is -0.530. The predicted octanol–water partition coefficient (Wildman–Crippen LogP) is 1.45. The van der Waals surface area contributed by atoms with Crippen LogP contribution in [0.2, 0.25) is 0 Å². The second-order valence-electron chi connectivity index (χ2n) is 4.35. The third kappa shape index (κ3) is 2.90. The lowest BCUT2D eigenvalue weighted by Crippen LogP contribution is -2.26. The van der Waals surface area contributed by atoms with Gasteiger partial charge in [0.2, 0.25) is 5.91 Å². The Labute approximate surface area is 109 Å². The number of fused-ring (bicyclic) bond motifs is 1. The first kappa shape index (κ1) is 13.1. The minimum Gasteiger partial charge on any atom is -0.408 e. The number of aromatic amines is 1. The molecule has 1 aromatic carbocycles. The van der Waals surface area contributed by atoms with Crippen LogP contribution in [-0.4, -0.2) is 23.7 Å². The highest BCUT2D eigenvalue weighted by Crippen LogP contribution is 2.20. The SMILES string of the molecule is CC(=O)CCC(=O)N(C)c1ccc2[nH]c(=O)oc2c1. The summed E-state index contributed by atoms with van der Waals surface area (Å²) in [5.74, 6) is -0.709. The standard InChI is InChI=1S/C13H14N2O4/c1-8(16)3-6-12(17)15(2)9-4-5-10-11(7-9)19-13(18)14-10/h4-5,7H,3,6H2,1-2H3,(H,14,18). The number of hydrogen-bond donors (Lipinski definition) is 1. The molecule has 1 heterocycles. The number of Topliss-reactive ketones (excluding diaryl/α,β-unsaturated/α-hetero) is 1. The zero-order valence-electron chi connectivity index (χ0n) is 10.7. The maximum absolute atomic E-state index is 11.9. The van der Waals surface area contributed by atoms with E-state index in [-0.39, 0.29) is 24.5 Å². The number of amides is 1. The zero-order valence-corrected chi connectivity index (χ0v) is 10.7. The first-order valence-corrected chi connectivity index (χ1v) is 5.86. The fraction of sp³-hybridized carbons (Fsp3) is 0.308. The highest BCUT2D eigenvalue weighted by molar-refractivity contribution is 5.96. The molecule has 1 amide bonds. The quantitative estimate of drug-likeness (QED) is 0.904. The molecule has 0 aliphatic carbocycles. The number of carbonyl (C=O) groups is 2. The number of oxazole rings is 1. The minimum absolute atomic E-state index is 0.0196. The molecule has 1 N–H and O–H groups in total. The molecule has 0 bridgehead atoms. The molecule has 0 saturated carbocycles. The van der Waals surface area contributed by atoms with Crippen LogP contribution in [0.3, 0.4) is 0 Å². The molecule has 1 aromatic heterocycles. The molecule has 6 heteroatoms. The van der Waals surface area contributed by atoms with Crippen molar-refractivity contribution < 1.29 is 14.0 Å². The molecule has 0 saturated heterocycles. The lowest BCUT2D eigenvalue weighted by Gasteiger charge is -2.16. The Balaban J connectivity index is 2.20. The summed E-state index contributed by atoms with van der Waals surface area (Å²) < 4.78 is 4.93. The van der Waals surface area contributed by atoms with Crippen LogP contribution in [0, 0.1) is 0 Å². The van der Waals surface area contributed by atoms with E-state index < -0.39 is 5.76 Å². The van der Waals surface area contributed by atoms with Crippen molar-refractivity contribution in [3.63, 3.8) is 0 Å². The van der Waals surface area contributed by atoms with Crippen molar-refractivity contribution in [2.45, 2.75) is 19.8 Å². The topological polar surface area (TPSA) is 83.4 Å². The van der Waals surface area contributed by atoms with Crippen molar-refractivity contribution in [2.75, 3.05) is 11.9 Å². The number of aromatic nitrogens is 1. The molecule has 0 radical (unpaired) electrons. The van der Waals surface area contributed by atoms with Crippen molar-refractivity contribution in [3.8, 4) is 0 Å². The van der Waals surface area contributed by atoms with Gasteiger partial charge < -0.3 is 14.1 Å². The van der Waals surface area contributed by atoms with E-state index in [1.807, 2.05) is 0 Å². The summed E-state index contributed by atoms with van der Waals surface area (Å²) in [7, 11) is 1.62. The van der Waals surface area contributed by atoms with Crippen LogP contribution in [0.5, 0.6) is 0 Å². The number of hydrogen-bond acceptors (Lipinski definition) is 4. The fourth-order valence-corrected chi connectivity index (χ4v) is 1.74. The average molecular weight is 262 g/mol. The van der Waals surface area contributed by atoms with E-state index in [9.17, 15) is 14.4 Å². The smallest absolute Gasteiger partial charge is 0.408 e. The van der Waals surface area contributed by atoms with E-state index in [0.29, 0.717) is 16.8 Å². The van der Waals surface area contributed by atoms with Gasteiger partial charge in [-0.15, -0.1) is 0 Å². The number of rotatable bonds is 4. The first-order valence-electron chi connectivity index (χ1n) is 5.86. The predicted molar refractivity (Wildman–Crippen MR) is 70.2 cm³/mol. The van der Waals surface area contributed by atoms with Crippen LogP contribution in [0.25, 0.3) is 11.1 Å². The van der Waals surface area contributed by atoms with Gasteiger partial charge in [-0.1, -0.05) is 0 Å². The van der Waals surface area contributed by atoms with E-state index in [0.717, 1.165) is 0 Å². The Bertz CT molecular complexity index is 683. The molecule has 0 spiro atoms. The van der Waals surface area contributed by atoms with E-state index >= 15 is 0 Å². The summed E-state index contributed by atoms with van der Waals surface area (Å²) in [5.41, 5.74) is 1.59. The lowest BCUT2D eigenvalue weighted by molar-refractivity contribution is -0.122. The highest BCUT2D eigenvalue weighted by atomic mass is 16.4. The second-order valence-corrected chi connectivity index (χ2v) is 4.35. The molecule has 100 valence electrons.